The molecule has 3 nitrogen and oxygen atoms in total. The molecule has 0 saturated heterocycles. The van der Waals surface area contributed by atoms with Crippen molar-refractivity contribution < 1.29 is 9.90 Å². The number of benzene rings is 1. The molecule has 1 aliphatic heterocycles. The summed E-state index contributed by atoms with van der Waals surface area (Å²) >= 11 is 3.49. The summed E-state index contributed by atoms with van der Waals surface area (Å²) in [6, 6.07) is 4.28. The largest absolute Gasteiger partial charge is 0.465 e. The van der Waals surface area contributed by atoms with E-state index in [9.17, 15) is 4.79 Å². The van der Waals surface area contributed by atoms with Gasteiger partial charge in [-0.2, -0.15) is 0 Å². The monoisotopic (exact) mass is 297 g/mol. The van der Waals surface area contributed by atoms with Crippen LogP contribution in [0.4, 0.5) is 4.79 Å². The number of rotatable bonds is 1. The van der Waals surface area contributed by atoms with Gasteiger partial charge in [0, 0.05) is 18.4 Å². The van der Waals surface area contributed by atoms with Crippen LogP contribution in [0.15, 0.2) is 12.1 Å². The molecule has 92 valence electrons. The third-order valence-electron chi connectivity index (χ3n) is 3.50. The maximum Gasteiger partial charge on any atom is 0.407 e. The molecule has 2 rings (SSSR count). The van der Waals surface area contributed by atoms with Crippen molar-refractivity contribution in [1.29, 1.82) is 0 Å². The van der Waals surface area contributed by atoms with Crippen LogP contribution in [0.1, 0.15) is 22.3 Å². The summed E-state index contributed by atoms with van der Waals surface area (Å²) < 4.78 is 0. The Labute approximate surface area is 110 Å². The Morgan fingerprint density at radius 3 is 2.76 bits per heavy atom. The first-order valence-electron chi connectivity index (χ1n) is 5.77. The van der Waals surface area contributed by atoms with Crippen molar-refractivity contribution in [2.24, 2.45) is 0 Å². The average molecular weight is 298 g/mol. The Kier molecular flexibility index (Phi) is 3.72. The molecule has 0 spiro atoms. The normalized spacial score (nSPS) is 15.3. The van der Waals surface area contributed by atoms with Crippen LogP contribution < -0.4 is 0 Å². The second-order valence-corrected chi connectivity index (χ2v) is 4.95. The third kappa shape index (κ3) is 2.46. The molecule has 0 radical (unpaired) electrons. The van der Waals surface area contributed by atoms with E-state index in [1.54, 1.807) is 0 Å². The molecule has 1 N–H and O–H groups in total. The van der Waals surface area contributed by atoms with E-state index in [1.807, 2.05) is 0 Å². The summed E-state index contributed by atoms with van der Waals surface area (Å²) in [5, 5.41) is 9.89. The maximum absolute atomic E-state index is 11.0. The summed E-state index contributed by atoms with van der Waals surface area (Å²) in [6.07, 6.45) is 0.843. The first kappa shape index (κ1) is 12.4. The number of hydrogen-bond donors (Lipinski definition) is 1. The lowest BCUT2D eigenvalue weighted by molar-refractivity contribution is 0.147. The van der Waals surface area contributed by atoms with E-state index in [0.29, 0.717) is 13.1 Å². The zero-order valence-corrected chi connectivity index (χ0v) is 11.5. The Balaban J connectivity index is 2.31. The van der Waals surface area contributed by atoms with Crippen molar-refractivity contribution >= 4 is 22.0 Å². The molecule has 17 heavy (non-hydrogen) atoms. The van der Waals surface area contributed by atoms with E-state index in [2.05, 4.69) is 35.0 Å². The summed E-state index contributed by atoms with van der Waals surface area (Å²) in [4.78, 5) is 12.5. The second-order valence-electron chi connectivity index (χ2n) is 4.39. The van der Waals surface area contributed by atoms with Crippen LogP contribution in [0, 0.1) is 6.92 Å². The van der Waals surface area contributed by atoms with Crippen LogP contribution in [0.3, 0.4) is 0 Å². The van der Waals surface area contributed by atoms with Crippen molar-refractivity contribution in [2.75, 3.05) is 13.1 Å². The second kappa shape index (κ2) is 5.08. The van der Waals surface area contributed by atoms with Crippen LogP contribution in [0.5, 0.6) is 0 Å². The van der Waals surface area contributed by atoms with Crippen LogP contribution >= 0.6 is 15.9 Å². The van der Waals surface area contributed by atoms with Gasteiger partial charge in [0.2, 0.25) is 0 Å². The number of hydrogen-bond acceptors (Lipinski definition) is 1. The summed E-state index contributed by atoms with van der Waals surface area (Å²) in [5.74, 6) is 0. The van der Waals surface area contributed by atoms with E-state index >= 15 is 0 Å². The van der Waals surface area contributed by atoms with Gasteiger partial charge >= 0.3 is 6.09 Å². The van der Waals surface area contributed by atoms with E-state index in [1.165, 1.54) is 27.2 Å². The minimum Gasteiger partial charge on any atom is -0.465 e. The lowest BCUT2D eigenvalue weighted by Gasteiger charge is -2.15. The first-order chi connectivity index (χ1) is 8.13. The smallest absolute Gasteiger partial charge is 0.407 e. The molecule has 1 amide bonds. The highest BCUT2D eigenvalue weighted by molar-refractivity contribution is 9.08. The van der Waals surface area contributed by atoms with Gasteiger partial charge in [-0.1, -0.05) is 28.1 Å². The van der Waals surface area contributed by atoms with Gasteiger partial charge in [0.25, 0.3) is 0 Å². The number of halogens is 1. The molecular formula is C13H16BrNO2. The topological polar surface area (TPSA) is 40.5 Å². The molecule has 0 bridgehead atoms. The fourth-order valence-electron chi connectivity index (χ4n) is 2.39. The summed E-state index contributed by atoms with van der Waals surface area (Å²) in [6.45, 7) is 3.34. The van der Waals surface area contributed by atoms with Gasteiger partial charge in [-0.05, 0) is 42.0 Å². The first-order valence-corrected chi connectivity index (χ1v) is 6.89. The predicted octanol–water partition coefficient (Wildman–Crippen LogP) is 2.97. The van der Waals surface area contributed by atoms with Gasteiger partial charge in [0.05, 0.1) is 0 Å². The Morgan fingerprint density at radius 2 is 2.12 bits per heavy atom. The zero-order valence-electron chi connectivity index (χ0n) is 9.87. The quantitative estimate of drug-likeness (QED) is 0.810. The molecule has 0 aliphatic carbocycles. The molecule has 1 aromatic carbocycles. The van der Waals surface area contributed by atoms with E-state index in [4.69, 9.17) is 5.11 Å². The fraction of sp³-hybridized carbons (Fsp3) is 0.462. The molecule has 0 aromatic heterocycles. The molecule has 1 heterocycles. The zero-order chi connectivity index (χ0) is 12.4. The van der Waals surface area contributed by atoms with Crippen LogP contribution in [0.25, 0.3) is 0 Å². The van der Waals surface area contributed by atoms with Crippen LogP contribution in [-0.2, 0) is 18.2 Å². The van der Waals surface area contributed by atoms with Crippen molar-refractivity contribution in [3.05, 3.63) is 34.4 Å². The van der Waals surface area contributed by atoms with Crippen molar-refractivity contribution in [3.8, 4) is 0 Å². The lowest BCUT2D eigenvalue weighted by Crippen LogP contribution is -2.31. The van der Waals surface area contributed by atoms with Gasteiger partial charge in [-0.25, -0.2) is 4.79 Å². The average Bonchev–Trinajstić information content (AvgIpc) is 2.52. The van der Waals surface area contributed by atoms with Gasteiger partial charge in [-0.3, -0.25) is 0 Å². The van der Waals surface area contributed by atoms with E-state index in [0.717, 1.165) is 18.2 Å². The van der Waals surface area contributed by atoms with E-state index in [-0.39, 0.29) is 0 Å². The molecule has 0 fully saturated rings. The number of carboxylic acid groups (broad SMARTS) is 1. The number of alkyl halides is 1. The van der Waals surface area contributed by atoms with Gasteiger partial charge in [0.1, 0.15) is 0 Å². The SMILES string of the molecule is Cc1c(CBr)ccc2c1CCN(C(=O)O)CC2. The Hall–Kier alpha value is -1.03. The highest BCUT2D eigenvalue weighted by Gasteiger charge is 2.19. The number of nitrogens with zero attached hydrogens (tertiary/aromatic N) is 1. The molecule has 4 heteroatoms. The molecule has 1 aliphatic rings. The van der Waals surface area contributed by atoms with Crippen molar-refractivity contribution in [2.45, 2.75) is 25.1 Å². The number of amides is 1. The number of carbonyl (C=O) groups is 1. The van der Waals surface area contributed by atoms with Gasteiger partial charge < -0.3 is 10.0 Å². The predicted molar refractivity (Wildman–Crippen MR) is 70.8 cm³/mol. The molecule has 0 unspecified atom stereocenters. The Bertz CT molecular complexity index is 445. The standard InChI is InChI=1S/C13H16BrNO2/c1-9-11(8-14)3-2-10-4-6-15(13(16)17)7-5-12(9)10/h2-3H,4-8H2,1H3,(H,16,17). The molecule has 1 aromatic rings. The van der Waals surface area contributed by atoms with Crippen molar-refractivity contribution in [1.82, 2.24) is 4.90 Å². The van der Waals surface area contributed by atoms with Crippen molar-refractivity contribution in [3.63, 3.8) is 0 Å². The Morgan fingerprint density at radius 1 is 1.41 bits per heavy atom. The molecular weight excluding hydrogens is 282 g/mol. The highest BCUT2D eigenvalue weighted by atomic mass is 79.9. The minimum atomic E-state index is -0.809. The van der Waals surface area contributed by atoms with Gasteiger partial charge in [-0.15, -0.1) is 0 Å². The minimum absolute atomic E-state index is 0.606. The highest BCUT2D eigenvalue weighted by Crippen LogP contribution is 2.24. The van der Waals surface area contributed by atoms with Gasteiger partial charge in [0.15, 0.2) is 0 Å². The van der Waals surface area contributed by atoms with Crippen LogP contribution in [-0.4, -0.2) is 29.2 Å². The maximum atomic E-state index is 11.0. The lowest BCUT2D eigenvalue weighted by atomic mass is 9.94. The molecule has 0 saturated carbocycles. The van der Waals surface area contributed by atoms with E-state index < -0.39 is 6.09 Å². The molecule has 0 atom stereocenters. The van der Waals surface area contributed by atoms with Crippen LogP contribution in [0.2, 0.25) is 0 Å². The fourth-order valence-corrected chi connectivity index (χ4v) is 3.00. The summed E-state index contributed by atoms with van der Waals surface area (Å²) in [7, 11) is 0. The summed E-state index contributed by atoms with van der Waals surface area (Å²) in [5.41, 5.74) is 5.25. The number of fused-ring (bicyclic) bond motifs is 1. The third-order valence-corrected chi connectivity index (χ3v) is 4.11.